The van der Waals surface area contributed by atoms with Gasteiger partial charge in [-0.1, -0.05) is 25.1 Å². The van der Waals surface area contributed by atoms with Crippen LogP contribution in [0.1, 0.15) is 25.0 Å². The number of amides is 3. The highest BCUT2D eigenvalue weighted by Gasteiger charge is 2.12. The Bertz CT molecular complexity index is 434. The van der Waals surface area contributed by atoms with Gasteiger partial charge in [0.15, 0.2) is 6.61 Å². The minimum absolute atomic E-state index is 0.337. The molecular formula is C12H16N2O4. The Morgan fingerprint density at radius 3 is 2.72 bits per heavy atom. The third kappa shape index (κ3) is 4.06. The van der Waals surface area contributed by atoms with Crippen LogP contribution in [0.2, 0.25) is 0 Å². The maximum absolute atomic E-state index is 11.2. The average Bonchev–Trinajstić information content (AvgIpc) is 2.35. The van der Waals surface area contributed by atoms with Gasteiger partial charge in [-0.2, -0.15) is 0 Å². The van der Waals surface area contributed by atoms with Crippen LogP contribution < -0.4 is 15.8 Å². The highest BCUT2D eigenvalue weighted by atomic mass is 16.5. The van der Waals surface area contributed by atoms with E-state index in [1.165, 1.54) is 0 Å². The van der Waals surface area contributed by atoms with E-state index in [1.807, 2.05) is 12.2 Å². The van der Waals surface area contributed by atoms with Crippen LogP contribution in [0.3, 0.4) is 0 Å². The summed E-state index contributed by atoms with van der Waals surface area (Å²) in [7, 11) is 0. The molecule has 3 amide bonds. The van der Waals surface area contributed by atoms with Crippen LogP contribution in [-0.4, -0.2) is 23.7 Å². The molecule has 0 heterocycles. The number of para-hydroxylation sites is 1. The number of carbonyl (C=O) groups is 2. The van der Waals surface area contributed by atoms with Gasteiger partial charge in [-0.3, -0.25) is 10.1 Å². The Kier molecular flexibility index (Phi) is 5.13. The molecule has 1 unspecified atom stereocenters. The smallest absolute Gasteiger partial charge is 0.318 e. The number of aliphatic hydroxyl groups excluding tert-OH is 1. The second-order valence-corrected chi connectivity index (χ2v) is 3.66. The number of aliphatic hydroxyl groups is 1. The van der Waals surface area contributed by atoms with Gasteiger partial charge in [0.05, 0.1) is 6.10 Å². The summed E-state index contributed by atoms with van der Waals surface area (Å²) in [6.45, 7) is 1.50. The van der Waals surface area contributed by atoms with Gasteiger partial charge in [0.1, 0.15) is 5.75 Å². The summed E-state index contributed by atoms with van der Waals surface area (Å²) >= 11 is 0. The van der Waals surface area contributed by atoms with E-state index in [1.54, 1.807) is 24.3 Å². The predicted molar refractivity (Wildman–Crippen MR) is 64.9 cm³/mol. The van der Waals surface area contributed by atoms with Crippen molar-refractivity contribution in [2.75, 3.05) is 6.61 Å². The molecule has 98 valence electrons. The van der Waals surface area contributed by atoms with Crippen molar-refractivity contribution in [1.82, 2.24) is 5.32 Å². The van der Waals surface area contributed by atoms with E-state index in [0.29, 0.717) is 17.7 Å². The summed E-state index contributed by atoms with van der Waals surface area (Å²) in [5, 5.41) is 11.7. The Balaban J connectivity index is 2.67. The largest absolute Gasteiger partial charge is 0.483 e. The minimum atomic E-state index is -0.925. The first-order valence-electron chi connectivity index (χ1n) is 5.53. The van der Waals surface area contributed by atoms with Crippen LogP contribution in [0.25, 0.3) is 0 Å². The third-order valence-corrected chi connectivity index (χ3v) is 2.29. The van der Waals surface area contributed by atoms with E-state index in [2.05, 4.69) is 0 Å². The number of urea groups is 1. The molecule has 1 aromatic carbocycles. The Morgan fingerprint density at radius 1 is 1.44 bits per heavy atom. The monoisotopic (exact) mass is 252 g/mol. The number of hydrogen-bond donors (Lipinski definition) is 3. The number of primary amides is 1. The van der Waals surface area contributed by atoms with Gasteiger partial charge in [-0.15, -0.1) is 0 Å². The minimum Gasteiger partial charge on any atom is -0.483 e. The predicted octanol–water partition coefficient (Wildman–Crippen LogP) is 0.704. The molecule has 4 N–H and O–H groups in total. The molecule has 6 heteroatoms. The average molecular weight is 252 g/mol. The summed E-state index contributed by atoms with van der Waals surface area (Å²) in [5.74, 6) is -0.227. The van der Waals surface area contributed by atoms with Crippen molar-refractivity contribution < 1.29 is 19.4 Å². The SMILES string of the molecule is CCC(O)c1ccccc1OCC(=O)NC(N)=O. The van der Waals surface area contributed by atoms with E-state index in [4.69, 9.17) is 10.5 Å². The van der Waals surface area contributed by atoms with Gasteiger partial charge in [-0.25, -0.2) is 4.79 Å². The molecule has 0 aromatic heterocycles. The molecular weight excluding hydrogens is 236 g/mol. The van der Waals surface area contributed by atoms with Gasteiger partial charge in [-0.05, 0) is 12.5 Å². The molecule has 1 atom stereocenters. The highest BCUT2D eigenvalue weighted by Crippen LogP contribution is 2.26. The van der Waals surface area contributed by atoms with E-state index in [9.17, 15) is 14.7 Å². The fourth-order valence-electron chi connectivity index (χ4n) is 1.42. The van der Waals surface area contributed by atoms with Crippen molar-refractivity contribution in [3.63, 3.8) is 0 Å². The van der Waals surface area contributed by atoms with Crippen molar-refractivity contribution >= 4 is 11.9 Å². The zero-order valence-electron chi connectivity index (χ0n) is 10.1. The van der Waals surface area contributed by atoms with Crippen LogP contribution in [-0.2, 0) is 4.79 Å². The lowest BCUT2D eigenvalue weighted by Gasteiger charge is -2.14. The molecule has 0 saturated carbocycles. The maximum Gasteiger partial charge on any atom is 0.318 e. The van der Waals surface area contributed by atoms with Crippen molar-refractivity contribution in [3.05, 3.63) is 29.8 Å². The van der Waals surface area contributed by atoms with Crippen molar-refractivity contribution in [2.45, 2.75) is 19.4 Å². The first-order valence-corrected chi connectivity index (χ1v) is 5.53. The molecule has 0 aliphatic heterocycles. The van der Waals surface area contributed by atoms with Crippen molar-refractivity contribution in [3.8, 4) is 5.75 Å². The number of nitrogens with two attached hydrogens (primary N) is 1. The van der Waals surface area contributed by atoms with Crippen molar-refractivity contribution in [1.29, 1.82) is 0 Å². The lowest BCUT2D eigenvalue weighted by atomic mass is 10.1. The molecule has 6 nitrogen and oxygen atoms in total. The molecule has 1 rings (SSSR count). The number of ether oxygens (including phenoxy) is 1. The van der Waals surface area contributed by atoms with Crippen molar-refractivity contribution in [2.24, 2.45) is 5.73 Å². The Morgan fingerprint density at radius 2 is 2.11 bits per heavy atom. The molecule has 0 saturated heterocycles. The van der Waals surface area contributed by atoms with Crippen LogP contribution in [0.15, 0.2) is 24.3 Å². The zero-order chi connectivity index (χ0) is 13.5. The highest BCUT2D eigenvalue weighted by molar-refractivity contribution is 5.94. The summed E-state index contributed by atoms with van der Waals surface area (Å²) < 4.78 is 5.24. The second kappa shape index (κ2) is 6.61. The van der Waals surface area contributed by atoms with Crippen LogP contribution >= 0.6 is 0 Å². The summed E-state index contributed by atoms with van der Waals surface area (Å²) in [6.07, 6.45) is -0.117. The van der Waals surface area contributed by atoms with E-state index < -0.39 is 18.0 Å². The number of benzene rings is 1. The number of carbonyl (C=O) groups excluding carboxylic acids is 2. The molecule has 0 spiro atoms. The molecule has 1 aromatic rings. The number of hydrogen-bond acceptors (Lipinski definition) is 4. The number of nitrogens with one attached hydrogen (secondary N) is 1. The van der Waals surface area contributed by atoms with Gasteiger partial charge >= 0.3 is 6.03 Å². The number of rotatable bonds is 5. The Hall–Kier alpha value is -2.08. The Labute approximate surface area is 105 Å². The second-order valence-electron chi connectivity index (χ2n) is 3.66. The normalized spacial score (nSPS) is 11.7. The quantitative estimate of drug-likeness (QED) is 0.718. The van der Waals surface area contributed by atoms with Crippen LogP contribution in [0.4, 0.5) is 4.79 Å². The lowest BCUT2D eigenvalue weighted by Crippen LogP contribution is -2.38. The lowest BCUT2D eigenvalue weighted by molar-refractivity contribution is -0.121. The van der Waals surface area contributed by atoms with Crippen LogP contribution in [0.5, 0.6) is 5.75 Å². The number of imide groups is 1. The van der Waals surface area contributed by atoms with Gasteiger partial charge < -0.3 is 15.6 Å². The van der Waals surface area contributed by atoms with Gasteiger partial charge in [0.25, 0.3) is 5.91 Å². The van der Waals surface area contributed by atoms with Gasteiger partial charge in [0.2, 0.25) is 0 Å². The third-order valence-electron chi connectivity index (χ3n) is 2.29. The molecule has 0 bridgehead atoms. The van der Waals surface area contributed by atoms with E-state index in [-0.39, 0.29) is 6.61 Å². The van der Waals surface area contributed by atoms with E-state index in [0.717, 1.165) is 0 Å². The maximum atomic E-state index is 11.2. The summed E-state index contributed by atoms with van der Waals surface area (Å²) in [6, 6.07) is 5.93. The fourth-order valence-corrected chi connectivity index (χ4v) is 1.42. The van der Waals surface area contributed by atoms with Crippen LogP contribution in [0, 0.1) is 0 Å². The standard InChI is InChI=1S/C12H16N2O4/c1-2-9(15)8-5-3-4-6-10(8)18-7-11(16)14-12(13)17/h3-6,9,15H,2,7H2,1H3,(H3,13,14,16,17). The first kappa shape index (κ1) is 14.0. The fraction of sp³-hybridized carbons (Fsp3) is 0.333. The summed E-state index contributed by atoms with van der Waals surface area (Å²) in [4.78, 5) is 21.6. The molecule has 0 fully saturated rings. The molecule has 18 heavy (non-hydrogen) atoms. The molecule has 0 aliphatic carbocycles. The van der Waals surface area contributed by atoms with Gasteiger partial charge in [0, 0.05) is 5.56 Å². The first-order chi connectivity index (χ1) is 8.54. The van der Waals surface area contributed by atoms with E-state index >= 15 is 0 Å². The topological polar surface area (TPSA) is 102 Å². The molecule has 0 aliphatic rings. The zero-order valence-corrected chi connectivity index (χ0v) is 10.1. The molecule has 0 radical (unpaired) electrons. The summed E-state index contributed by atoms with van der Waals surface area (Å²) in [5.41, 5.74) is 5.40.